The van der Waals surface area contributed by atoms with Crippen molar-refractivity contribution < 1.29 is 22.0 Å². The van der Waals surface area contributed by atoms with Gasteiger partial charge in [-0.2, -0.15) is 0 Å². The van der Waals surface area contributed by atoms with E-state index in [0.29, 0.717) is 24.9 Å². The Balaban J connectivity index is 1.74. The molecule has 22 heavy (non-hydrogen) atoms. The van der Waals surface area contributed by atoms with Gasteiger partial charge in [0.2, 0.25) is 15.9 Å². The molecule has 2 N–H and O–H groups in total. The van der Waals surface area contributed by atoms with E-state index in [-0.39, 0.29) is 24.3 Å². The number of halogens is 2. The molecular weight excluding hydrogens is 314 g/mol. The third kappa shape index (κ3) is 4.74. The summed E-state index contributed by atoms with van der Waals surface area (Å²) in [4.78, 5) is 11.9. The molecule has 0 unspecified atom stereocenters. The Morgan fingerprint density at radius 2 is 2.05 bits per heavy atom. The summed E-state index contributed by atoms with van der Waals surface area (Å²) in [6.07, 6.45) is 2.08. The van der Waals surface area contributed by atoms with Crippen molar-refractivity contribution in [1.29, 1.82) is 0 Å². The van der Waals surface area contributed by atoms with Crippen LogP contribution in [-0.4, -0.2) is 33.7 Å². The molecule has 0 heterocycles. The van der Waals surface area contributed by atoms with Crippen molar-refractivity contribution in [3.63, 3.8) is 0 Å². The molecule has 0 spiro atoms. The Morgan fingerprint density at radius 3 is 2.68 bits per heavy atom. The lowest BCUT2D eigenvalue weighted by Gasteiger charge is -2.06. The molecule has 1 aromatic carbocycles. The second-order valence-electron chi connectivity index (χ2n) is 5.43. The Kier molecular flexibility index (Phi) is 5.12. The quantitative estimate of drug-likeness (QED) is 0.735. The summed E-state index contributed by atoms with van der Waals surface area (Å²) in [5, 5.41) is 2.69. The van der Waals surface area contributed by atoms with Crippen molar-refractivity contribution in [2.75, 3.05) is 19.3 Å². The number of carbonyl (C=O) groups is 1. The van der Waals surface area contributed by atoms with Gasteiger partial charge in [-0.1, -0.05) is 6.07 Å². The maximum atomic E-state index is 13.6. The third-order valence-corrected chi connectivity index (χ3v) is 4.23. The minimum Gasteiger partial charge on any atom is -0.356 e. The van der Waals surface area contributed by atoms with Crippen LogP contribution in [0, 0.1) is 17.6 Å². The number of nitrogens with one attached hydrogen (secondary N) is 2. The number of amides is 1. The van der Waals surface area contributed by atoms with Crippen LogP contribution in [0.25, 0.3) is 0 Å². The zero-order chi connectivity index (χ0) is 16.3. The molecule has 1 fully saturated rings. The second-order valence-corrected chi connectivity index (χ2v) is 7.26. The molecular formula is C14H18F2N2O3S. The molecule has 0 radical (unpaired) electrons. The molecule has 0 aliphatic heterocycles. The van der Waals surface area contributed by atoms with Gasteiger partial charge in [-0.25, -0.2) is 21.9 Å². The number of benzene rings is 1. The van der Waals surface area contributed by atoms with Gasteiger partial charge in [0.05, 0.1) is 6.26 Å². The summed E-state index contributed by atoms with van der Waals surface area (Å²) < 4.78 is 50.5. The van der Waals surface area contributed by atoms with Crippen molar-refractivity contribution in [2.24, 2.45) is 5.92 Å². The van der Waals surface area contributed by atoms with Crippen molar-refractivity contribution in [2.45, 2.75) is 18.8 Å². The van der Waals surface area contributed by atoms with Crippen LogP contribution in [0.1, 0.15) is 24.3 Å². The largest absolute Gasteiger partial charge is 0.356 e. The highest BCUT2D eigenvalue weighted by molar-refractivity contribution is 7.88. The smallest absolute Gasteiger partial charge is 0.223 e. The predicted octanol–water partition coefficient (Wildman–Crippen LogP) is 1.12. The Hall–Kier alpha value is -1.54. The van der Waals surface area contributed by atoms with Gasteiger partial charge in [0, 0.05) is 25.1 Å². The summed E-state index contributed by atoms with van der Waals surface area (Å²) >= 11 is 0. The molecule has 1 aliphatic rings. The summed E-state index contributed by atoms with van der Waals surface area (Å²) in [7, 11) is -3.22. The normalized spacial score (nSPS) is 20.7. The fourth-order valence-corrected chi connectivity index (χ4v) is 2.83. The van der Waals surface area contributed by atoms with Gasteiger partial charge in [-0.3, -0.25) is 4.79 Å². The van der Waals surface area contributed by atoms with Gasteiger partial charge in [0.25, 0.3) is 0 Å². The van der Waals surface area contributed by atoms with E-state index in [9.17, 15) is 22.0 Å². The standard InChI is InChI=1S/C14H18F2N2O3S/c1-22(20,21)18-6-2-5-17-14(19)12-8-11(12)10-4-3-9(15)7-13(10)16/h3-4,7,11-12,18H,2,5-6,8H2,1H3,(H,17,19)/t11-,12-/m0/s1. The fraction of sp³-hybridized carbons (Fsp3) is 0.500. The highest BCUT2D eigenvalue weighted by Gasteiger charge is 2.45. The van der Waals surface area contributed by atoms with Gasteiger partial charge in [-0.15, -0.1) is 0 Å². The van der Waals surface area contributed by atoms with Crippen LogP contribution >= 0.6 is 0 Å². The summed E-state index contributed by atoms with van der Waals surface area (Å²) in [6.45, 7) is 0.594. The maximum absolute atomic E-state index is 13.6. The lowest BCUT2D eigenvalue weighted by molar-refractivity contribution is -0.122. The molecule has 5 nitrogen and oxygen atoms in total. The van der Waals surface area contributed by atoms with Gasteiger partial charge in [-0.05, 0) is 30.4 Å². The molecule has 1 aliphatic carbocycles. The number of sulfonamides is 1. The van der Waals surface area contributed by atoms with Crippen molar-refractivity contribution in [3.05, 3.63) is 35.4 Å². The van der Waals surface area contributed by atoms with E-state index in [0.717, 1.165) is 12.3 Å². The van der Waals surface area contributed by atoms with Gasteiger partial charge in [0.1, 0.15) is 11.6 Å². The maximum Gasteiger partial charge on any atom is 0.223 e. The van der Waals surface area contributed by atoms with E-state index >= 15 is 0 Å². The van der Waals surface area contributed by atoms with E-state index in [1.165, 1.54) is 12.1 Å². The molecule has 1 amide bonds. The van der Waals surface area contributed by atoms with Gasteiger partial charge < -0.3 is 5.32 Å². The lowest BCUT2D eigenvalue weighted by atomic mass is 10.1. The number of carbonyl (C=O) groups excluding carboxylic acids is 1. The second kappa shape index (κ2) is 6.70. The van der Waals surface area contributed by atoms with Crippen molar-refractivity contribution in [1.82, 2.24) is 10.0 Å². The molecule has 2 atom stereocenters. The molecule has 0 bridgehead atoms. The first-order valence-electron chi connectivity index (χ1n) is 6.95. The molecule has 0 aromatic heterocycles. The van der Waals surface area contributed by atoms with Gasteiger partial charge >= 0.3 is 0 Å². The van der Waals surface area contributed by atoms with E-state index in [1.807, 2.05) is 0 Å². The number of rotatable bonds is 7. The molecule has 2 rings (SSSR count). The number of hydrogen-bond donors (Lipinski definition) is 2. The zero-order valence-corrected chi connectivity index (χ0v) is 12.9. The zero-order valence-electron chi connectivity index (χ0n) is 12.1. The topological polar surface area (TPSA) is 75.3 Å². The third-order valence-electron chi connectivity index (χ3n) is 3.51. The predicted molar refractivity (Wildman–Crippen MR) is 77.7 cm³/mol. The number of hydrogen-bond acceptors (Lipinski definition) is 3. The molecule has 0 saturated heterocycles. The molecule has 1 aromatic rings. The van der Waals surface area contributed by atoms with E-state index in [1.54, 1.807) is 0 Å². The van der Waals surface area contributed by atoms with Crippen LogP contribution in [0.5, 0.6) is 0 Å². The lowest BCUT2D eigenvalue weighted by Crippen LogP contribution is -2.30. The van der Waals surface area contributed by atoms with Gasteiger partial charge in [0.15, 0.2) is 0 Å². The molecule has 1 saturated carbocycles. The average molecular weight is 332 g/mol. The Morgan fingerprint density at radius 1 is 1.32 bits per heavy atom. The Bertz CT molecular complexity index is 664. The first kappa shape index (κ1) is 16.8. The van der Waals surface area contributed by atoms with Crippen LogP contribution in [0.4, 0.5) is 8.78 Å². The monoisotopic (exact) mass is 332 g/mol. The van der Waals surface area contributed by atoms with Crippen molar-refractivity contribution in [3.8, 4) is 0 Å². The van der Waals surface area contributed by atoms with Crippen LogP contribution in [0.2, 0.25) is 0 Å². The first-order chi connectivity index (χ1) is 10.3. The highest BCUT2D eigenvalue weighted by atomic mass is 32.2. The minimum absolute atomic E-state index is 0.187. The van der Waals surface area contributed by atoms with E-state index in [2.05, 4.69) is 10.0 Å². The van der Waals surface area contributed by atoms with Crippen LogP contribution in [0.15, 0.2) is 18.2 Å². The van der Waals surface area contributed by atoms with E-state index in [4.69, 9.17) is 0 Å². The first-order valence-corrected chi connectivity index (χ1v) is 8.84. The van der Waals surface area contributed by atoms with E-state index < -0.39 is 21.7 Å². The van der Waals surface area contributed by atoms with Crippen molar-refractivity contribution >= 4 is 15.9 Å². The highest BCUT2D eigenvalue weighted by Crippen LogP contribution is 2.48. The minimum atomic E-state index is -3.22. The fourth-order valence-electron chi connectivity index (χ4n) is 2.32. The molecule has 122 valence electrons. The van der Waals surface area contributed by atoms with Crippen LogP contribution < -0.4 is 10.0 Å². The summed E-state index contributed by atoms with van der Waals surface area (Å²) in [6, 6.07) is 3.38. The summed E-state index contributed by atoms with van der Waals surface area (Å²) in [5.41, 5.74) is 0.361. The summed E-state index contributed by atoms with van der Waals surface area (Å²) in [5.74, 6) is -1.97. The molecule has 8 heteroatoms. The van der Waals surface area contributed by atoms with Crippen LogP contribution in [-0.2, 0) is 14.8 Å². The average Bonchev–Trinajstić information content (AvgIpc) is 3.17. The Labute approximate surface area is 128 Å². The van der Waals surface area contributed by atoms with Crippen LogP contribution in [0.3, 0.4) is 0 Å². The SMILES string of the molecule is CS(=O)(=O)NCCCNC(=O)[C@H]1C[C@H]1c1ccc(F)cc1F.